The highest BCUT2D eigenvalue weighted by molar-refractivity contribution is 7.58. The van der Waals surface area contributed by atoms with Crippen molar-refractivity contribution in [2.24, 2.45) is 0 Å². The second-order valence-corrected chi connectivity index (χ2v) is 4.61. The highest BCUT2D eigenvalue weighted by Crippen LogP contribution is 2.41. The van der Waals surface area contributed by atoms with Crippen molar-refractivity contribution < 1.29 is 9.09 Å². The second kappa shape index (κ2) is 4.33. The monoisotopic (exact) mass is 158 g/mol. The lowest BCUT2D eigenvalue weighted by atomic mass is 10.8. The zero-order valence-electron chi connectivity index (χ0n) is 6.04. The highest BCUT2D eigenvalue weighted by Gasteiger charge is 2.11. The molecule has 0 aliphatic rings. The summed E-state index contributed by atoms with van der Waals surface area (Å²) in [5, 5.41) is 0. The molecular formula is C7H11O2P. The zero-order chi connectivity index (χ0) is 8.04. The van der Waals surface area contributed by atoms with Crippen LogP contribution in [0.5, 0.6) is 0 Å². The van der Waals surface area contributed by atoms with E-state index in [1.807, 2.05) is 0 Å². The number of allylic oxidation sites excluding steroid dienone is 1. The molecule has 0 amide bonds. The molecule has 2 nitrogen and oxygen atoms in total. The first-order valence-corrected chi connectivity index (χ1v) is 5.13. The molecule has 0 radical (unpaired) electrons. The van der Waals surface area contributed by atoms with Crippen LogP contribution in [0.4, 0.5) is 0 Å². The predicted octanol–water partition coefficient (Wildman–Crippen LogP) is 1.73. The van der Waals surface area contributed by atoms with E-state index in [9.17, 15) is 4.57 Å². The Morgan fingerprint density at radius 2 is 2.50 bits per heavy atom. The summed E-state index contributed by atoms with van der Waals surface area (Å²) in [5.74, 6) is 2.25. The molecule has 0 spiro atoms. The average Bonchev–Trinajstić information content (AvgIpc) is 1.84. The first-order valence-electron chi connectivity index (χ1n) is 2.88. The number of terminal acetylenes is 1. The molecule has 0 bridgehead atoms. The van der Waals surface area contributed by atoms with Gasteiger partial charge in [0.25, 0.3) is 0 Å². The molecule has 0 saturated carbocycles. The first-order chi connectivity index (χ1) is 4.62. The number of hydrogen-bond acceptors (Lipinski definition) is 2. The Morgan fingerprint density at radius 1 is 1.90 bits per heavy atom. The van der Waals surface area contributed by atoms with Crippen LogP contribution >= 0.6 is 7.37 Å². The normalized spacial score (nSPS) is 15.2. The van der Waals surface area contributed by atoms with E-state index in [1.165, 1.54) is 0 Å². The largest absolute Gasteiger partial charge is 0.315 e. The lowest BCUT2D eigenvalue weighted by Gasteiger charge is -2.07. The van der Waals surface area contributed by atoms with Gasteiger partial charge in [-0.15, -0.1) is 13.0 Å². The van der Waals surface area contributed by atoms with Gasteiger partial charge in [-0.25, -0.2) is 0 Å². The van der Waals surface area contributed by atoms with Gasteiger partial charge in [-0.05, 0) is 0 Å². The summed E-state index contributed by atoms with van der Waals surface area (Å²) < 4.78 is 16.1. The van der Waals surface area contributed by atoms with E-state index in [2.05, 4.69) is 12.5 Å². The lowest BCUT2D eigenvalue weighted by Crippen LogP contribution is -1.91. The third-order valence-corrected chi connectivity index (χ3v) is 2.48. The molecule has 0 aliphatic carbocycles. The molecule has 0 N–H and O–H groups in total. The van der Waals surface area contributed by atoms with E-state index in [-0.39, 0.29) is 6.61 Å². The molecule has 0 aliphatic heterocycles. The third kappa shape index (κ3) is 4.38. The highest BCUT2D eigenvalue weighted by atomic mass is 31.2. The molecule has 0 saturated heterocycles. The molecule has 1 unspecified atom stereocenters. The maximum absolute atomic E-state index is 11.2. The van der Waals surface area contributed by atoms with E-state index in [0.717, 1.165) is 0 Å². The van der Waals surface area contributed by atoms with Crippen molar-refractivity contribution in [1.82, 2.24) is 0 Å². The standard InChI is InChI=1S/C7H11O2P/c1-4-6-9-10(3,8)7-5-2/h1,5H,2,6-7H2,3H3. The van der Waals surface area contributed by atoms with E-state index >= 15 is 0 Å². The molecule has 56 valence electrons. The average molecular weight is 158 g/mol. The number of hydrogen-bond donors (Lipinski definition) is 0. The molecule has 0 fully saturated rings. The van der Waals surface area contributed by atoms with Crippen LogP contribution < -0.4 is 0 Å². The summed E-state index contributed by atoms with van der Waals surface area (Å²) in [6.07, 6.45) is 6.86. The quantitative estimate of drug-likeness (QED) is 0.354. The second-order valence-electron chi connectivity index (χ2n) is 1.96. The first kappa shape index (κ1) is 9.49. The van der Waals surface area contributed by atoms with Gasteiger partial charge >= 0.3 is 0 Å². The van der Waals surface area contributed by atoms with Gasteiger partial charge in [0.1, 0.15) is 6.61 Å². The van der Waals surface area contributed by atoms with Gasteiger partial charge in [-0.3, -0.25) is 4.57 Å². The van der Waals surface area contributed by atoms with Gasteiger partial charge in [0.05, 0.1) is 0 Å². The molecule has 0 aromatic carbocycles. The van der Waals surface area contributed by atoms with Gasteiger partial charge in [-0.1, -0.05) is 12.0 Å². The van der Waals surface area contributed by atoms with Crippen LogP contribution in [0.1, 0.15) is 0 Å². The van der Waals surface area contributed by atoms with Crippen LogP contribution in [0.3, 0.4) is 0 Å². The fourth-order valence-corrected chi connectivity index (χ4v) is 1.38. The van der Waals surface area contributed by atoms with Crippen molar-refractivity contribution in [1.29, 1.82) is 0 Å². The van der Waals surface area contributed by atoms with Crippen LogP contribution in [0, 0.1) is 12.3 Å². The number of rotatable bonds is 4. The Balaban J connectivity index is 3.77. The van der Waals surface area contributed by atoms with Gasteiger partial charge in [0, 0.05) is 12.8 Å². The molecule has 0 aromatic heterocycles. The predicted molar refractivity (Wildman–Crippen MR) is 43.4 cm³/mol. The fourth-order valence-electron chi connectivity index (χ4n) is 0.461. The minimum absolute atomic E-state index is 0.113. The van der Waals surface area contributed by atoms with Crippen LogP contribution in [0.2, 0.25) is 0 Å². The van der Waals surface area contributed by atoms with Crippen molar-refractivity contribution in [2.45, 2.75) is 0 Å². The van der Waals surface area contributed by atoms with Crippen molar-refractivity contribution in [2.75, 3.05) is 19.4 Å². The maximum atomic E-state index is 11.2. The Morgan fingerprint density at radius 3 is 2.90 bits per heavy atom. The summed E-state index contributed by atoms with van der Waals surface area (Å²) in [5.41, 5.74) is 0. The Kier molecular flexibility index (Phi) is 4.11. The molecule has 1 atom stereocenters. The summed E-state index contributed by atoms with van der Waals surface area (Å²) in [7, 11) is -2.47. The van der Waals surface area contributed by atoms with E-state index < -0.39 is 7.37 Å². The van der Waals surface area contributed by atoms with Crippen LogP contribution in [-0.4, -0.2) is 19.4 Å². The summed E-state index contributed by atoms with van der Waals surface area (Å²) in [6.45, 7) is 5.11. The van der Waals surface area contributed by atoms with Crippen LogP contribution in [0.15, 0.2) is 12.7 Å². The van der Waals surface area contributed by atoms with Gasteiger partial charge < -0.3 is 4.52 Å². The SMILES string of the molecule is C#CCOP(C)(=O)CC=C. The zero-order valence-corrected chi connectivity index (χ0v) is 6.93. The van der Waals surface area contributed by atoms with Crippen molar-refractivity contribution in [3.05, 3.63) is 12.7 Å². The molecule has 0 heterocycles. The van der Waals surface area contributed by atoms with Crippen molar-refractivity contribution in [3.63, 3.8) is 0 Å². The summed E-state index contributed by atoms with van der Waals surface area (Å²) in [4.78, 5) is 0. The Hall–Kier alpha value is -0.510. The van der Waals surface area contributed by atoms with Crippen molar-refractivity contribution in [3.8, 4) is 12.3 Å². The molecular weight excluding hydrogens is 147 g/mol. The molecule has 0 rings (SSSR count). The topological polar surface area (TPSA) is 26.3 Å². The summed E-state index contributed by atoms with van der Waals surface area (Å²) >= 11 is 0. The van der Waals surface area contributed by atoms with Crippen LogP contribution in [-0.2, 0) is 9.09 Å². The summed E-state index contributed by atoms with van der Waals surface area (Å²) in [6, 6.07) is 0. The molecule has 0 aromatic rings. The van der Waals surface area contributed by atoms with E-state index in [0.29, 0.717) is 6.16 Å². The Bertz CT molecular complexity index is 190. The van der Waals surface area contributed by atoms with E-state index in [4.69, 9.17) is 10.9 Å². The van der Waals surface area contributed by atoms with Gasteiger partial charge in [-0.2, -0.15) is 0 Å². The minimum atomic E-state index is -2.47. The van der Waals surface area contributed by atoms with E-state index in [1.54, 1.807) is 12.7 Å². The molecule has 3 heteroatoms. The van der Waals surface area contributed by atoms with Gasteiger partial charge in [0.15, 0.2) is 0 Å². The fraction of sp³-hybridized carbons (Fsp3) is 0.429. The van der Waals surface area contributed by atoms with Crippen molar-refractivity contribution >= 4 is 7.37 Å². The maximum Gasteiger partial charge on any atom is 0.204 e. The van der Waals surface area contributed by atoms with Crippen LogP contribution in [0.25, 0.3) is 0 Å². The minimum Gasteiger partial charge on any atom is -0.315 e. The molecule has 10 heavy (non-hydrogen) atoms. The van der Waals surface area contributed by atoms with Gasteiger partial charge in [0.2, 0.25) is 7.37 Å². The Labute approximate surface area is 61.7 Å². The smallest absolute Gasteiger partial charge is 0.204 e. The third-order valence-electron chi connectivity index (χ3n) is 0.882. The lowest BCUT2D eigenvalue weighted by molar-refractivity contribution is 0.365.